The Morgan fingerprint density at radius 3 is 2.77 bits per heavy atom. The third-order valence-electron chi connectivity index (χ3n) is 1.51. The molecule has 0 aromatic heterocycles. The van der Waals surface area contributed by atoms with Crippen molar-refractivity contribution in [2.24, 2.45) is 5.16 Å². The van der Waals surface area contributed by atoms with Crippen molar-refractivity contribution < 1.29 is 4.84 Å². The third kappa shape index (κ3) is 2.62. The molecular formula is C8H6B2BrNO. The smallest absolute Gasteiger partial charge is 0.113 e. The zero-order valence-electron chi connectivity index (χ0n) is 7.12. The number of halogens is 1. The third-order valence-corrected chi connectivity index (χ3v) is 1.96. The van der Waals surface area contributed by atoms with Crippen LogP contribution < -0.4 is 10.9 Å². The zero-order valence-corrected chi connectivity index (χ0v) is 8.71. The molecule has 1 rings (SSSR count). The van der Waals surface area contributed by atoms with Gasteiger partial charge >= 0.3 is 0 Å². The maximum Gasteiger partial charge on any atom is 0.113 e. The second kappa shape index (κ2) is 4.51. The second-order valence-electron chi connectivity index (χ2n) is 2.42. The summed E-state index contributed by atoms with van der Waals surface area (Å²) >= 11 is 3.30. The van der Waals surface area contributed by atoms with Crippen LogP contribution in [-0.4, -0.2) is 29.0 Å². The highest BCUT2D eigenvalue weighted by Crippen LogP contribution is 2.06. The first-order valence-electron chi connectivity index (χ1n) is 3.56. The summed E-state index contributed by atoms with van der Waals surface area (Å²) in [5.74, 6) is 0. The van der Waals surface area contributed by atoms with E-state index < -0.39 is 0 Å². The Hall–Kier alpha value is -0.700. The van der Waals surface area contributed by atoms with E-state index >= 15 is 0 Å². The number of nitrogens with zero attached hydrogens (tertiary/aromatic N) is 1. The molecule has 13 heavy (non-hydrogen) atoms. The van der Waals surface area contributed by atoms with Crippen LogP contribution in [-0.2, 0) is 4.84 Å². The highest BCUT2D eigenvalue weighted by Gasteiger charge is 1.99. The van der Waals surface area contributed by atoms with Gasteiger partial charge in [-0.1, -0.05) is 32.6 Å². The molecule has 1 aromatic rings. The fourth-order valence-electron chi connectivity index (χ4n) is 0.877. The molecule has 0 amide bonds. The van der Waals surface area contributed by atoms with Gasteiger partial charge in [0.2, 0.25) is 0 Å². The number of hydrogen-bond donors (Lipinski definition) is 0. The molecule has 0 aliphatic carbocycles. The van der Waals surface area contributed by atoms with Crippen LogP contribution in [0.5, 0.6) is 0 Å². The average Bonchev–Trinajstić information content (AvgIpc) is 2.09. The molecule has 0 bridgehead atoms. The van der Waals surface area contributed by atoms with Crippen LogP contribution in [0, 0.1) is 0 Å². The minimum Gasteiger partial charge on any atom is -0.399 e. The lowest BCUT2D eigenvalue weighted by atomic mass is 9.78. The molecule has 0 heterocycles. The molecule has 0 saturated heterocycles. The van der Waals surface area contributed by atoms with Crippen LogP contribution in [0.2, 0.25) is 0 Å². The average molecular weight is 234 g/mol. The summed E-state index contributed by atoms with van der Waals surface area (Å²) in [6, 6.07) is 3.55. The number of hydrogen-bond acceptors (Lipinski definition) is 2. The number of rotatable bonds is 2. The van der Waals surface area contributed by atoms with Gasteiger partial charge in [0.05, 0.1) is 6.21 Å². The fraction of sp³-hybridized carbons (Fsp3) is 0.125. The number of oxime groups is 1. The molecule has 0 atom stereocenters. The minimum absolute atomic E-state index is 0.504. The van der Waals surface area contributed by atoms with Crippen LogP contribution in [0.4, 0.5) is 0 Å². The van der Waals surface area contributed by atoms with Gasteiger partial charge in [0.1, 0.15) is 22.8 Å². The summed E-state index contributed by atoms with van der Waals surface area (Å²) in [7, 11) is 12.8. The van der Waals surface area contributed by atoms with E-state index in [1.807, 2.05) is 6.07 Å². The van der Waals surface area contributed by atoms with E-state index in [4.69, 9.17) is 15.7 Å². The van der Waals surface area contributed by atoms with Gasteiger partial charge in [0.25, 0.3) is 0 Å². The second-order valence-corrected chi connectivity index (χ2v) is 3.33. The Kier molecular flexibility index (Phi) is 3.60. The van der Waals surface area contributed by atoms with E-state index in [1.54, 1.807) is 6.07 Å². The molecule has 62 valence electrons. The molecule has 0 N–H and O–H groups in total. The highest BCUT2D eigenvalue weighted by atomic mass is 79.9. The Labute approximate surface area is 88.3 Å². The van der Waals surface area contributed by atoms with Crippen molar-refractivity contribution in [3.8, 4) is 0 Å². The van der Waals surface area contributed by atoms with Crippen molar-refractivity contribution in [2.45, 2.75) is 0 Å². The molecule has 4 radical (unpaired) electrons. The largest absolute Gasteiger partial charge is 0.399 e. The van der Waals surface area contributed by atoms with E-state index in [0.717, 1.165) is 10.0 Å². The van der Waals surface area contributed by atoms with Crippen LogP contribution in [0.25, 0.3) is 0 Å². The summed E-state index contributed by atoms with van der Waals surface area (Å²) in [5.41, 5.74) is 1.75. The molecule has 0 aliphatic heterocycles. The highest BCUT2D eigenvalue weighted by molar-refractivity contribution is 9.10. The van der Waals surface area contributed by atoms with E-state index in [-0.39, 0.29) is 0 Å². The molecule has 2 nitrogen and oxygen atoms in total. The van der Waals surface area contributed by atoms with Gasteiger partial charge in [-0.15, -0.1) is 5.46 Å². The topological polar surface area (TPSA) is 21.6 Å². The Morgan fingerprint density at radius 2 is 2.15 bits per heavy atom. The molecule has 0 aliphatic rings. The fourth-order valence-corrected chi connectivity index (χ4v) is 1.37. The van der Waals surface area contributed by atoms with Crippen molar-refractivity contribution >= 4 is 48.8 Å². The molecule has 5 heteroatoms. The van der Waals surface area contributed by atoms with E-state index in [1.165, 1.54) is 13.3 Å². The monoisotopic (exact) mass is 233 g/mol. The first-order chi connectivity index (χ1) is 6.15. The SMILES string of the molecule is [B]c1cc(Br)cc(/C=N/OC)c1[B]. The van der Waals surface area contributed by atoms with Crippen LogP contribution in [0.15, 0.2) is 21.8 Å². The van der Waals surface area contributed by atoms with Gasteiger partial charge < -0.3 is 4.84 Å². The van der Waals surface area contributed by atoms with Gasteiger partial charge in [0, 0.05) is 4.47 Å². The molecule has 0 unspecified atom stereocenters. The Bertz CT molecular complexity index is 341. The Morgan fingerprint density at radius 1 is 1.46 bits per heavy atom. The lowest BCUT2D eigenvalue weighted by Gasteiger charge is -2.05. The predicted molar refractivity (Wildman–Crippen MR) is 59.5 cm³/mol. The minimum atomic E-state index is 0.504. The van der Waals surface area contributed by atoms with Gasteiger partial charge in [-0.25, -0.2) is 0 Å². The number of benzene rings is 1. The van der Waals surface area contributed by atoms with Gasteiger partial charge in [0.15, 0.2) is 0 Å². The lowest BCUT2D eigenvalue weighted by Crippen LogP contribution is -2.29. The van der Waals surface area contributed by atoms with Crippen LogP contribution in [0.1, 0.15) is 5.56 Å². The molecule has 0 saturated carbocycles. The summed E-state index contributed by atoms with van der Waals surface area (Å²) in [5, 5.41) is 3.60. The van der Waals surface area contributed by atoms with Crippen molar-refractivity contribution in [1.82, 2.24) is 0 Å². The molecule has 0 fully saturated rings. The van der Waals surface area contributed by atoms with Crippen molar-refractivity contribution in [2.75, 3.05) is 7.11 Å². The van der Waals surface area contributed by atoms with Gasteiger partial charge in [-0.2, -0.15) is 0 Å². The van der Waals surface area contributed by atoms with Crippen molar-refractivity contribution in [3.05, 3.63) is 22.2 Å². The van der Waals surface area contributed by atoms with E-state index in [9.17, 15) is 0 Å². The van der Waals surface area contributed by atoms with Gasteiger partial charge in [-0.05, 0) is 11.6 Å². The van der Waals surface area contributed by atoms with Crippen LogP contribution >= 0.6 is 15.9 Å². The standard InChI is InChI=1S/C8H6B2BrNO/c1-13-12-4-5-2-6(11)3-7(9)8(5)10/h2-4H,1H3/b12-4+. The molecule has 0 spiro atoms. The summed E-state index contributed by atoms with van der Waals surface area (Å²) in [6.07, 6.45) is 1.51. The first kappa shape index (κ1) is 10.4. The molecular weight excluding hydrogens is 228 g/mol. The lowest BCUT2D eigenvalue weighted by molar-refractivity contribution is 0.215. The first-order valence-corrected chi connectivity index (χ1v) is 4.35. The predicted octanol–water partition coefficient (Wildman–Crippen LogP) is 0.0170. The Balaban J connectivity index is 3.12. The zero-order chi connectivity index (χ0) is 9.84. The van der Waals surface area contributed by atoms with Crippen molar-refractivity contribution in [3.63, 3.8) is 0 Å². The normalized spacial score (nSPS) is 10.6. The maximum atomic E-state index is 5.70. The summed E-state index contributed by atoms with van der Waals surface area (Å²) in [4.78, 5) is 4.54. The quantitative estimate of drug-likeness (QED) is 0.401. The van der Waals surface area contributed by atoms with Crippen LogP contribution in [0.3, 0.4) is 0 Å². The van der Waals surface area contributed by atoms with Gasteiger partial charge in [-0.3, -0.25) is 0 Å². The summed E-state index contributed by atoms with van der Waals surface area (Å²) in [6.45, 7) is 0. The van der Waals surface area contributed by atoms with E-state index in [2.05, 4.69) is 25.9 Å². The summed E-state index contributed by atoms with van der Waals surface area (Å²) < 4.78 is 0.858. The van der Waals surface area contributed by atoms with E-state index in [0.29, 0.717) is 10.9 Å². The van der Waals surface area contributed by atoms with Crippen molar-refractivity contribution in [1.29, 1.82) is 0 Å². The maximum absolute atomic E-state index is 5.70. The molecule has 1 aromatic carbocycles.